The normalized spacial score (nSPS) is 11.0. The first kappa shape index (κ1) is 9.02. The standard InChI is InChI=1S/C10H13N3O/c1-7-4-9-10(5-8(7)11)13(2-3-14)6-12-9/h4-6,14H,2-3,11H2,1H3. The summed E-state index contributed by atoms with van der Waals surface area (Å²) in [6.45, 7) is 2.62. The Morgan fingerprint density at radius 2 is 2.29 bits per heavy atom. The Morgan fingerprint density at radius 1 is 1.50 bits per heavy atom. The SMILES string of the molecule is Cc1cc2ncn(CCO)c2cc1N. The van der Waals surface area contributed by atoms with E-state index in [4.69, 9.17) is 10.8 Å². The van der Waals surface area contributed by atoms with Crippen LogP contribution in [0, 0.1) is 6.92 Å². The zero-order valence-corrected chi connectivity index (χ0v) is 8.07. The molecule has 3 N–H and O–H groups in total. The largest absolute Gasteiger partial charge is 0.398 e. The maximum absolute atomic E-state index is 8.84. The number of aliphatic hydroxyl groups is 1. The van der Waals surface area contributed by atoms with Gasteiger partial charge in [0.25, 0.3) is 0 Å². The van der Waals surface area contributed by atoms with E-state index in [0.29, 0.717) is 6.54 Å². The number of aliphatic hydroxyl groups excluding tert-OH is 1. The van der Waals surface area contributed by atoms with E-state index < -0.39 is 0 Å². The van der Waals surface area contributed by atoms with Crippen LogP contribution < -0.4 is 5.73 Å². The molecule has 0 fully saturated rings. The molecule has 1 heterocycles. The van der Waals surface area contributed by atoms with Crippen molar-refractivity contribution in [3.63, 3.8) is 0 Å². The van der Waals surface area contributed by atoms with Crippen LogP contribution in [0.5, 0.6) is 0 Å². The van der Waals surface area contributed by atoms with E-state index in [1.165, 1.54) is 0 Å². The predicted molar refractivity (Wildman–Crippen MR) is 56.0 cm³/mol. The number of nitrogen functional groups attached to an aromatic ring is 1. The van der Waals surface area contributed by atoms with Gasteiger partial charge in [0.1, 0.15) is 0 Å². The van der Waals surface area contributed by atoms with E-state index in [-0.39, 0.29) is 6.61 Å². The average molecular weight is 191 g/mol. The summed E-state index contributed by atoms with van der Waals surface area (Å²) in [5, 5.41) is 8.84. The summed E-state index contributed by atoms with van der Waals surface area (Å²) < 4.78 is 1.89. The number of rotatable bonds is 2. The second kappa shape index (κ2) is 3.31. The van der Waals surface area contributed by atoms with Crippen LogP contribution in [0.1, 0.15) is 5.56 Å². The number of aryl methyl sites for hydroxylation is 1. The van der Waals surface area contributed by atoms with E-state index >= 15 is 0 Å². The second-order valence-electron chi connectivity index (χ2n) is 3.36. The fraction of sp³-hybridized carbons (Fsp3) is 0.300. The lowest BCUT2D eigenvalue weighted by atomic mass is 10.2. The maximum atomic E-state index is 8.84. The molecule has 4 nitrogen and oxygen atoms in total. The zero-order chi connectivity index (χ0) is 10.1. The van der Waals surface area contributed by atoms with Crippen LogP contribution in [0.3, 0.4) is 0 Å². The highest BCUT2D eigenvalue weighted by Gasteiger charge is 2.04. The zero-order valence-electron chi connectivity index (χ0n) is 8.07. The van der Waals surface area contributed by atoms with Crippen LogP contribution in [0.25, 0.3) is 11.0 Å². The minimum atomic E-state index is 0.110. The molecule has 0 radical (unpaired) electrons. The lowest BCUT2D eigenvalue weighted by molar-refractivity contribution is 0.278. The quantitative estimate of drug-likeness (QED) is 0.694. The van der Waals surface area contributed by atoms with Crippen molar-refractivity contribution >= 4 is 16.7 Å². The number of anilines is 1. The third-order valence-corrected chi connectivity index (χ3v) is 2.35. The molecule has 0 aliphatic rings. The molecule has 0 atom stereocenters. The molecular formula is C10H13N3O. The van der Waals surface area contributed by atoms with Crippen molar-refractivity contribution in [3.05, 3.63) is 24.0 Å². The number of hydrogen-bond donors (Lipinski definition) is 2. The molecule has 4 heteroatoms. The van der Waals surface area contributed by atoms with Gasteiger partial charge >= 0.3 is 0 Å². The summed E-state index contributed by atoms with van der Waals surface area (Å²) in [6.07, 6.45) is 1.72. The fourth-order valence-corrected chi connectivity index (χ4v) is 1.51. The smallest absolute Gasteiger partial charge is 0.0959 e. The van der Waals surface area contributed by atoms with Crippen molar-refractivity contribution in [1.29, 1.82) is 0 Å². The molecule has 0 aliphatic carbocycles. The van der Waals surface area contributed by atoms with Crippen LogP contribution in [-0.4, -0.2) is 21.3 Å². The number of imidazole rings is 1. The van der Waals surface area contributed by atoms with Gasteiger partial charge in [0.2, 0.25) is 0 Å². The lowest BCUT2D eigenvalue weighted by Crippen LogP contribution is -2.00. The summed E-state index contributed by atoms with van der Waals surface area (Å²) in [5.41, 5.74) is 9.50. The average Bonchev–Trinajstić information content (AvgIpc) is 2.51. The van der Waals surface area contributed by atoms with Crippen LogP contribution >= 0.6 is 0 Å². The third kappa shape index (κ3) is 1.33. The first-order chi connectivity index (χ1) is 6.72. The second-order valence-corrected chi connectivity index (χ2v) is 3.36. The molecule has 0 amide bonds. The number of nitrogens with two attached hydrogens (primary N) is 1. The highest BCUT2D eigenvalue weighted by atomic mass is 16.3. The molecule has 0 spiro atoms. The Balaban J connectivity index is 2.61. The van der Waals surface area contributed by atoms with E-state index in [2.05, 4.69) is 4.98 Å². The van der Waals surface area contributed by atoms with E-state index in [9.17, 15) is 0 Å². The first-order valence-electron chi connectivity index (χ1n) is 4.54. The molecule has 1 aromatic carbocycles. The molecule has 0 saturated carbocycles. The van der Waals surface area contributed by atoms with Gasteiger partial charge < -0.3 is 15.4 Å². The molecule has 0 saturated heterocycles. The Bertz CT molecular complexity index is 462. The highest BCUT2D eigenvalue weighted by molar-refractivity contribution is 5.80. The molecule has 2 rings (SSSR count). The molecule has 74 valence electrons. The minimum Gasteiger partial charge on any atom is -0.398 e. The molecular weight excluding hydrogens is 178 g/mol. The summed E-state index contributed by atoms with van der Waals surface area (Å²) in [7, 11) is 0. The fourth-order valence-electron chi connectivity index (χ4n) is 1.51. The number of aromatic nitrogens is 2. The lowest BCUT2D eigenvalue weighted by Gasteiger charge is -2.03. The predicted octanol–water partition coefficient (Wildman–Crippen LogP) is 0.919. The molecule has 14 heavy (non-hydrogen) atoms. The molecule has 1 aromatic heterocycles. The summed E-state index contributed by atoms with van der Waals surface area (Å²) in [4.78, 5) is 4.24. The van der Waals surface area contributed by atoms with Gasteiger partial charge in [-0.2, -0.15) is 0 Å². The van der Waals surface area contributed by atoms with E-state index in [1.807, 2.05) is 23.6 Å². The number of fused-ring (bicyclic) bond motifs is 1. The number of benzene rings is 1. The summed E-state index contributed by atoms with van der Waals surface area (Å²) in [5.74, 6) is 0. The Morgan fingerprint density at radius 3 is 3.00 bits per heavy atom. The Hall–Kier alpha value is -1.55. The topological polar surface area (TPSA) is 64.1 Å². The number of nitrogens with zero attached hydrogens (tertiary/aromatic N) is 2. The van der Waals surface area contributed by atoms with Crippen molar-refractivity contribution in [3.8, 4) is 0 Å². The van der Waals surface area contributed by atoms with Gasteiger partial charge in [-0.15, -0.1) is 0 Å². The molecule has 0 aliphatic heterocycles. The van der Waals surface area contributed by atoms with Crippen molar-refractivity contribution in [2.75, 3.05) is 12.3 Å². The minimum absolute atomic E-state index is 0.110. The Labute approximate surface area is 82.0 Å². The summed E-state index contributed by atoms with van der Waals surface area (Å²) in [6, 6.07) is 3.85. The highest BCUT2D eigenvalue weighted by Crippen LogP contribution is 2.20. The van der Waals surface area contributed by atoms with Crippen molar-refractivity contribution in [1.82, 2.24) is 9.55 Å². The maximum Gasteiger partial charge on any atom is 0.0959 e. The summed E-state index contributed by atoms with van der Waals surface area (Å²) >= 11 is 0. The van der Waals surface area contributed by atoms with E-state index in [1.54, 1.807) is 6.33 Å². The third-order valence-electron chi connectivity index (χ3n) is 2.35. The van der Waals surface area contributed by atoms with Gasteiger partial charge in [-0.1, -0.05) is 0 Å². The van der Waals surface area contributed by atoms with Gasteiger partial charge in [-0.3, -0.25) is 0 Å². The van der Waals surface area contributed by atoms with Gasteiger partial charge in [-0.05, 0) is 24.6 Å². The van der Waals surface area contributed by atoms with Crippen molar-refractivity contribution in [2.24, 2.45) is 0 Å². The molecule has 0 bridgehead atoms. The first-order valence-corrected chi connectivity index (χ1v) is 4.54. The van der Waals surface area contributed by atoms with Gasteiger partial charge in [0, 0.05) is 12.2 Å². The monoisotopic (exact) mass is 191 g/mol. The van der Waals surface area contributed by atoms with Gasteiger partial charge in [0.15, 0.2) is 0 Å². The molecule has 2 aromatic rings. The van der Waals surface area contributed by atoms with E-state index in [0.717, 1.165) is 22.3 Å². The van der Waals surface area contributed by atoms with Crippen LogP contribution in [-0.2, 0) is 6.54 Å². The van der Waals surface area contributed by atoms with Crippen molar-refractivity contribution in [2.45, 2.75) is 13.5 Å². The van der Waals surface area contributed by atoms with Crippen LogP contribution in [0.15, 0.2) is 18.5 Å². The van der Waals surface area contributed by atoms with Gasteiger partial charge in [-0.25, -0.2) is 4.98 Å². The molecule has 0 unspecified atom stereocenters. The van der Waals surface area contributed by atoms with Gasteiger partial charge in [0.05, 0.1) is 24.0 Å². The Kier molecular flexibility index (Phi) is 2.13. The van der Waals surface area contributed by atoms with Crippen molar-refractivity contribution < 1.29 is 5.11 Å². The van der Waals surface area contributed by atoms with Crippen LogP contribution in [0.2, 0.25) is 0 Å². The number of hydrogen-bond acceptors (Lipinski definition) is 3. The van der Waals surface area contributed by atoms with Crippen LogP contribution in [0.4, 0.5) is 5.69 Å².